The van der Waals surface area contributed by atoms with Crippen molar-refractivity contribution in [2.75, 3.05) is 45.8 Å². The van der Waals surface area contributed by atoms with Crippen LogP contribution in [0.1, 0.15) is 57.8 Å². The van der Waals surface area contributed by atoms with Gasteiger partial charge in [-0.2, -0.15) is 0 Å². The van der Waals surface area contributed by atoms with Crippen LogP contribution < -0.4 is 0 Å². The Morgan fingerprint density at radius 3 is 2.38 bits per heavy atom. The van der Waals surface area contributed by atoms with E-state index in [1.165, 1.54) is 12.0 Å². The van der Waals surface area contributed by atoms with E-state index in [0.717, 1.165) is 74.5 Å². The largest absolute Gasteiger partial charge is 0.337 e. The summed E-state index contributed by atoms with van der Waals surface area (Å²) in [6.07, 6.45) is 4.86. The molecule has 5 heteroatoms. The van der Waals surface area contributed by atoms with Gasteiger partial charge in [0.25, 0.3) is 5.91 Å². The number of amides is 2. The van der Waals surface area contributed by atoms with E-state index in [4.69, 9.17) is 0 Å². The molecule has 1 saturated heterocycles. The summed E-state index contributed by atoms with van der Waals surface area (Å²) in [5.41, 5.74) is 2.23. The van der Waals surface area contributed by atoms with Crippen LogP contribution in [0.25, 0.3) is 10.8 Å². The van der Waals surface area contributed by atoms with Crippen LogP contribution in [0.4, 0.5) is 0 Å². The van der Waals surface area contributed by atoms with Crippen LogP contribution in [0.5, 0.6) is 0 Å². The number of allylic oxidation sites excluding steroid dienone is 1. The second-order valence-corrected chi connectivity index (χ2v) is 13.0. The number of carbonyl (C=O) groups excluding carboxylic acids is 2. The van der Waals surface area contributed by atoms with E-state index in [1.54, 1.807) is 0 Å². The third-order valence-electron chi connectivity index (χ3n) is 9.25. The van der Waals surface area contributed by atoms with Crippen molar-refractivity contribution in [2.24, 2.45) is 22.7 Å². The molecule has 37 heavy (non-hydrogen) atoms. The summed E-state index contributed by atoms with van der Waals surface area (Å²) < 4.78 is 0. The second-order valence-electron chi connectivity index (χ2n) is 13.0. The van der Waals surface area contributed by atoms with Gasteiger partial charge in [0.1, 0.15) is 0 Å². The van der Waals surface area contributed by atoms with Crippen molar-refractivity contribution in [3.05, 3.63) is 59.7 Å². The summed E-state index contributed by atoms with van der Waals surface area (Å²) in [5, 5.41) is 2.12. The number of hydrogen-bond acceptors (Lipinski definition) is 3. The fourth-order valence-corrected chi connectivity index (χ4v) is 6.62. The van der Waals surface area contributed by atoms with E-state index in [-0.39, 0.29) is 11.8 Å². The third kappa shape index (κ3) is 5.07. The van der Waals surface area contributed by atoms with Gasteiger partial charge >= 0.3 is 0 Å². The average molecular weight is 502 g/mol. The summed E-state index contributed by atoms with van der Waals surface area (Å²) in [7, 11) is 0. The molecule has 198 valence electrons. The maximum Gasteiger partial charge on any atom is 0.254 e. The predicted molar refractivity (Wildman–Crippen MR) is 150 cm³/mol. The zero-order valence-corrected chi connectivity index (χ0v) is 23.3. The molecular weight excluding hydrogens is 458 g/mol. The Hall–Kier alpha value is -2.66. The standard InChI is InChI=1S/C32H43N3O2/c1-31(2,3)30(37)35(22-24-13-14-25-21-28(24)32(25,4)5)20-17-33-15-18-34(19-16-33)29(36)27-12-8-10-23-9-6-7-11-26(23)27/h6-13,25,28H,14-22H2,1-5H3. The summed E-state index contributed by atoms with van der Waals surface area (Å²) in [6.45, 7) is 16.3. The summed E-state index contributed by atoms with van der Waals surface area (Å²) in [4.78, 5) is 33.3. The summed E-state index contributed by atoms with van der Waals surface area (Å²) in [5.74, 6) is 1.77. The van der Waals surface area contributed by atoms with Crippen LogP contribution in [0, 0.1) is 22.7 Å². The highest BCUT2D eigenvalue weighted by Crippen LogP contribution is 2.59. The molecule has 1 saturated carbocycles. The maximum absolute atomic E-state index is 13.4. The van der Waals surface area contributed by atoms with Crippen molar-refractivity contribution < 1.29 is 9.59 Å². The molecule has 0 N–H and O–H groups in total. The number of hydrogen-bond donors (Lipinski definition) is 0. The van der Waals surface area contributed by atoms with Gasteiger partial charge in [-0.25, -0.2) is 0 Å². The zero-order chi connectivity index (χ0) is 26.4. The molecule has 2 bridgehead atoms. The molecule has 6 rings (SSSR count). The molecule has 5 nitrogen and oxygen atoms in total. The summed E-state index contributed by atoms with van der Waals surface area (Å²) >= 11 is 0. The first-order chi connectivity index (χ1) is 17.6. The molecule has 0 radical (unpaired) electrons. The van der Waals surface area contributed by atoms with Gasteiger partial charge in [-0.1, -0.05) is 82.7 Å². The second kappa shape index (κ2) is 9.90. The number of rotatable bonds is 6. The topological polar surface area (TPSA) is 43.9 Å². The number of nitrogens with zero attached hydrogens (tertiary/aromatic N) is 3. The first-order valence-electron chi connectivity index (χ1n) is 14.0. The van der Waals surface area contributed by atoms with E-state index < -0.39 is 5.41 Å². The van der Waals surface area contributed by atoms with E-state index in [1.807, 2.05) is 56.0 Å². The molecule has 2 amide bonds. The quantitative estimate of drug-likeness (QED) is 0.494. The predicted octanol–water partition coefficient (Wildman–Crippen LogP) is 5.46. The molecule has 2 atom stereocenters. The minimum atomic E-state index is -0.392. The Morgan fingerprint density at radius 1 is 1.00 bits per heavy atom. The Morgan fingerprint density at radius 2 is 1.70 bits per heavy atom. The van der Waals surface area contributed by atoms with Crippen LogP contribution in [-0.4, -0.2) is 72.3 Å². The molecule has 2 aromatic rings. The SMILES string of the molecule is CC(C)(C)C(=O)N(CCN1CCN(C(=O)c2cccc3ccccc23)CC1)CC1=CCC2CC1C2(C)C. The molecule has 0 spiro atoms. The fourth-order valence-electron chi connectivity index (χ4n) is 6.62. The van der Waals surface area contributed by atoms with Crippen molar-refractivity contribution in [3.8, 4) is 0 Å². The minimum Gasteiger partial charge on any atom is -0.337 e. The smallest absolute Gasteiger partial charge is 0.254 e. The normalized spacial score (nSPS) is 23.4. The maximum atomic E-state index is 13.4. The molecule has 1 heterocycles. The van der Waals surface area contributed by atoms with Gasteiger partial charge in [0.2, 0.25) is 5.91 Å². The van der Waals surface area contributed by atoms with E-state index in [9.17, 15) is 9.59 Å². The van der Waals surface area contributed by atoms with Crippen LogP contribution in [-0.2, 0) is 4.79 Å². The van der Waals surface area contributed by atoms with Crippen molar-refractivity contribution >= 4 is 22.6 Å². The first-order valence-corrected chi connectivity index (χ1v) is 14.0. The number of piperazine rings is 1. The molecule has 2 aromatic carbocycles. The van der Waals surface area contributed by atoms with Crippen LogP contribution in [0.2, 0.25) is 0 Å². The van der Waals surface area contributed by atoms with Crippen molar-refractivity contribution in [1.29, 1.82) is 0 Å². The number of fused-ring (bicyclic) bond motifs is 2. The Bertz CT molecular complexity index is 1190. The third-order valence-corrected chi connectivity index (χ3v) is 9.25. The van der Waals surface area contributed by atoms with Gasteiger partial charge in [-0.05, 0) is 46.9 Å². The lowest BCUT2D eigenvalue weighted by molar-refractivity contribution is -0.139. The van der Waals surface area contributed by atoms with Crippen LogP contribution >= 0.6 is 0 Å². The molecule has 2 unspecified atom stereocenters. The van der Waals surface area contributed by atoms with E-state index in [2.05, 4.69) is 41.9 Å². The lowest BCUT2D eigenvalue weighted by atomic mass is 9.49. The molecule has 1 aliphatic heterocycles. The Balaban J connectivity index is 1.19. The first kappa shape index (κ1) is 26.0. The number of benzene rings is 2. The molecule has 4 aliphatic rings. The lowest BCUT2D eigenvalue weighted by Gasteiger charge is -2.57. The van der Waals surface area contributed by atoms with Crippen molar-refractivity contribution in [3.63, 3.8) is 0 Å². The van der Waals surface area contributed by atoms with Crippen LogP contribution in [0.3, 0.4) is 0 Å². The summed E-state index contributed by atoms with van der Waals surface area (Å²) in [6, 6.07) is 14.1. The zero-order valence-electron chi connectivity index (χ0n) is 23.3. The number of carbonyl (C=O) groups is 2. The Labute approximate surface area is 222 Å². The molecular formula is C32H43N3O2. The van der Waals surface area contributed by atoms with Gasteiger partial charge in [0.05, 0.1) is 0 Å². The van der Waals surface area contributed by atoms with Gasteiger partial charge in [0, 0.05) is 56.8 Å². The van der Waals surface area contributed by atoms with E-state index >= 15 is 0 Å². The van der Waals surface area contributed by atoms with Crippen LogP contribution in [0.15, 0.2) is 54.1 Å². The van der Waals surface area contributed by atoms with Crippen molar-refractivity contribution in [2.45, 2.75) is 47.5 Å². The van der Waals surface area contributed by atoms with E-state index in [0.29, 0.717) is 11.3 Å². The highest BCUT2D eigenvalue weighted by Gasteiger charge is 2.51. The molecule has 2 fully saturated rings. The van der Waals surface area contributed by atoms with Gasteiger partial charge < -0.3 is 9.80 Å². The Kier molecular flexibility index (Phi) is 6.95. The monoisotopic (exact) mass is 501 g/mol. The average Bonchev–Trinajstić information content (AvgIpc) is 2.89. The lowest BCUT2D eigenvalue weighted by Crippen LogP contribution is -2.53. The van der Waals surface area contributed by atoms with Gasteiger partial charge in [0.15, 0.2) is 0 Å². The van der Waals surface area contributed by atoms with Crippen molar-refractivity contribution in [1.82, 2.24) is 14.7 Å². The van der Waals surface area contributed by atoms with Gasteiger partial charge in [-0.15, -0.1) is 0 Å². The minimum absolute atomic E-state index is 0.117. The van der Waals surface area contributed by atoms with Gasteiger partial charge in [-0.3, -0.25) is 14.5 Å². The molecule has 3 aliphatic carbocycles. The highest BCUT2D eigenvalue weighted by molar-refractivity contribution is 6.07. The highest BCUT2D eigenvalue weighted by atomic mass is 16.2. The molecule has 0 aromatic heterocycles. The fraction of sp³-hybridized carbons (Fsp3) is 0.562.